The van der Waals surface area contributed by atoms with E-state index in [0.717, 1.165) is 0 Å². The molecule has 0 saturated carbocycles. The Morgan fingerprint density at radius 2 is 1.58 bits per heavy atom. The van der Waals surface area contributed by atoms with E-state index in [9.17, 15) is 27.3 Å². The van der Waals surface area contributed by atoms with Gasteiger partial charge >= 0.3 is 25.6 Å². The molecule has 1 amide bonds. The molecule has 2 N–H and O–H groups in total. The highest BCUT2D eigenvalue weighted by Crippen LogP contribution is 2.47. The molecule has 0 aromatic carbocycles. The molecule has 0 radical (unpaired) electrons. The maximum absolute atomic E-state index is 12.7. The molecule has 0 rings (SSSR count). The number of halogens is 3. The fourth-order valence-electron chi connectivity index (χ4n) is 1.34. The number of hydrogen-bond donors (Lipinski definition) is 2. The quantitative estimate of drug-likeness (QED) is 0.313. The van der Waals surface area contributed by atoms with Gasteiger partial charge in [0.05, 0.1) is 6.61 Å². The minimum absolute atomic E-state index is 0.00739. The smallest absolute Gasteiger partial charge is 0.465 e. The molecule has 142 valence electrons. The summed E-state index contributed by atoms with van der Waals surface area (Å²) < 4.78 is 64.4. The number of esters is 1. The van der Waals surface area contributed by atoms with Gasteiger partial charge in [0, 0.05) is 13.1 Å². The van der Waals surface area contributed by atoms with E-state index in [-0.39, 0.29) is 24.6 Å². The summed E-state index contributed by atoms with van der Waals surface area (Å²) in [4.78, 5) is 22.9. The fraction of sp³-hybridized carbons (Fsp3) is 0.818. The molecule has 0 aliphatic heterocycles. The maximum Gasteiger partial charge on any atom is 0.471 e. The third-order valence-electron chi connectivity index (χ3n) is 2.19. The van der Waals surface area contributed by atoms with E-state index in [4.69, 9.17) is 9.25 Å². The summed E-state index contributed by atoms with van der Waals surface area (Å²) in [5.41, 5.74) is 4.39. The summed E-state index contributed by atoms with van der Waals surface area (Å²) in [5.74, 6) is -3.45. The van der Waals surface area contributed by atoms with E-state index in [1.807, 2.05) is 0 Å². The first-order valence-corrected chi connectivity index (χ1v) is 8.76. The topological polar surface area (TPSA) is 106 Å². The number of nitrogens with zero attached hydrogens (tertiary/aromatic N) is 1. The van der Waals surface area contributed by atoms with Crippen LogP contribution in [0.3, 0.4) is 0 Å². The van der Waals surface area contributed by atoms with Crippen molar-refractivity contribution in [2.75, 3.05) is 32.5 Å². The Kier molecular flexibility index (Phi) is 10.1. The summed E-state index contributed by atoms with van der Waals surface area (Å²) in [5, 5.41) is 0. The lowest BCUT2D eigenvalue weighted by molar-refractivity contribution is -0.186. The van der Waals surface area contributed by atoms with Crippen LogP contribution in [0.2, 0.25) is 0 Å². The zero-order valence-electron chi connectivity index (χ0n) is 13.5. The number of carbonyl (C=O) groups is 2. The number of carbonyl (C=O) groups excluding carboxylic acids is 2. The number of hydroxylamine groups is 2. The largest absolute Gasteiger partial charge is 0.471 e. The fourth-order valence-corrected chi connectivity index (χ4v) is 2.79. The average molecular weight is 379 g/mol. The van der Waals surface area contributed by atoms with Gasteiger partial charge in [-0.15, -0.1) is 0 Å². The minimum atomic E-state index is -5.27. The Balaban J connectivity index is 5.31. The molecular weight excluding hydrogens is 358 g/mol. The number of rotatable bonds is 11. The van der Waals surface area contributed by atoms with Crippen molar-refractivity contribution in [3.05, 3.63) is 0 Å². The van der Waals surface area contributed by atoms with E-state index in [0.29, 0.717) is 0 Å². The zero-order valence-corrected chi connectivity index (χ0v) is 14.4. The summed E-state index contributed by atoms with van der Waals surface area (Å²) in [6.45, 7) is 3.80. The maximum atomic E-state index is 12.7. The molecule has 0 aromatic heterocycles. The number of nitrogens with one attached hydrogen (secondary N) is 2. The average Bonchev–Trinajstić information content (AvgIpc) is 2.49. The number of alkyl halides is 3. The molecule has 24 heavy (non-hydrogen) atoms. The Labute approximate surface area is 137 Å². The van der Waals surface area contributed by atoms with Crippen LogP contribution in [-0.2, 0) is 28.1 Å². The summed E-state index contributed by atoms with van der Waals surface area (Å²) in [6, 6.07) is 0. The third-order valence-corrected chi connectivity index (χ3v) is 3.70. The second-order valence-corrected chi connectivity index (χ2v) is 6.11. The van der Waals surface area contributed by atoms with Gasteiger partial charge in [-0.3, -0.25) is 14.2 Å². The predicted octanol–water partition coefficient (Wildman–Crippen LogP) is 1.17. The Bertz CT molecular complexity index is 451. The van der Waals surface area contributed by atoms with Crippen molar-refractivity contribution < 1.29 is 41.3 Å². The number of amides is 1. The normalized spacial score (nSPS) is 12.1. The molecule has 0 fully saturated rings. The second kappa shape index (κ2) is 10.6. The molecular formula is C11H21F3N3O6P. The lowest BCUT2D eigenvalue weighted by Crippen LogP contribution is -2.45. The molecule has 0 heterocycles. The first-order chi connectivity index (χ1) is 11.1. The van der Waals surface area contributed by atoms with E-state index < -0.39 is 38.5 Å². The van der Waals surface area contributed by atoms with Gasteiger partial charge in [-0.2, -0.15) is 24.1 Å². The Morgan fingerprint density at radius 1 is 1.08 bits per heavy atom. The summed E-state index contributed by atoms with van der Waals surface area (Å²) >= 11 is 0. The van der Waals surface area contributed by atoms with Crippen LogP contribution in [0.25, 0.3) is 0 Å². The highest BCUT2D eigenvalue weighted by atomic mass is 31.2. The second-order valence-electron chi connectivity index (χ2n) is 4.24. The van der Waals surface area contributed by atoms with Crippen LogP contribution in [0.4, 0.5) is 13.2 Å². The van der Waals surface area contributed by atoms with Crippen molar-refractivity contribution in [2.24, 2.45) is 0 Å². The molecule has 0 aliphatic carbocycles. The summed E-state index contributed by atoms with van der Waals surface area (Å²) in [7, 11) is -4.23. The predicted molar refractivity (Wildman–Crippen MR) is 76.4 cm³/mol. The Morgan fingerprint density at radius 3 is 1.96 bits per heavy atom. The number of ether oxygens (including phenoxy) is 1. The lowest BCUT2D eigenvalue weighted by Gasteiger charge is -2.26. The lowest BCUT2D eigenvalue weighted by atomic mass is 10.5. The van der Waals surface area contributed by atoms with E-state index in [2.05, 4.69) is 15.7 Å². The third kappa shape index (κ3) is 8.60. The number of hydrogen-bond acceptors (Lipinski definition) is 8. The zero-order chi connectivity index (χ0) is 18.8. The van der Waals surface area contributed by atoms with Crippen molar-refractivity contribution in [1.82, 2.24) is 15.9 Å². The molecule has 0 unspecified atom stereocenters. The van der Waals surface area contributed by atoms with E-state index in [1.54, 1.807) is 13.8 Å². The van der Waals surface area contributed by atoms with Crippen LogP contribution in [0.1, 0.15) is 20.8 Å². The first kappa shape index (κ1) is 22.8. The van der Waals surface area contributed by atoms with Gasteiger partial charge in [-0.05, 0) is 6.92 Å². The van der Waals surface area contributed by atoms with Crippen LogP contribution < -0.4 is 11.0 Å². The molecule has 13 heteroatoms. The van der Waals surface area contributed by atoms with Crippen molar-refractivity contribution in [3.8, 4) is 0 Å². The molecule has 0 aliphatic rings. The van der Waals surface area contributed by atoms with E-state index >= 15 is 0 Å². The van der Waals surface area contributed by atoms with Crippen molar-refractivity contribution >= 4 is 19.5 Å². The van der Waals surface area contributed by atoms with Gasteiger partial charge in [0.15, 0.2) is 0 Å². The first-order valence-electron chi connectivity index (χ1n) is 7.03. The van der Waals surface area contributed by atoms with Crippen LogP contribution in [0, 0.1) is 0 Å². The SMILES string of the molecule is CCNOP(=O)(CN(CC(=O)OCC)C(=O)C(F)(F)F)ONCC. The van der Waals surface area contributed by atoms with Crippen molar-refractivity contribution in [3.63, 3.8) is 0 Å². The van der Waals surface area contributed by atoms with E-state index in [1.165, 1.54) is 6.92 Å². The van der Waals surface area contributed by atoms with Crippen LogP contribution in [0.5, 0.6) is 0 Å². The highest BCUT2D eigenvalue weighted by molar-refractivity contribution is 7.53. The highest BCUT2D eigenvalue weighted by Gasteiger charge is 2.46. The standard InChI is InChI=1S/C11H21F3N3O6P/c1-4-15-22-24(20,23-16-5-2)8-17(7-9(18)21-6-3)10(19)11(12,13)14/h15-16H,4-8H2,1-3H3. The Hall–Kier alpha value is -1.20. The minimum Gasteiger partial charge on any atom is -0.465 e. The van der Waals surface area contributed by atoms with Crippen molar-refractivity contribution in [2.45, 2.75) is 26.9 Å². The van der Waals surface area contributed by atoms with Crippen LogP contribution >= 0.6 is 7.60 Å². The summed E-state index contributed by atoms with van der Waals surface area (Å²) in [6.07, 6.45) is -6.38. The van der Waals surface area contributed by atoms with Crippen LogP contribution in [-0.4, -0.2) is 55.5 Å². The van der Waals surface area contributed by atoms with Gasteiger partial charge < -0.3 is 9.64 Å². The molecule has 0 bridgehead atoms. The molecule has 0 saturated heterocycles. The van der Waals surface area contributed by atoms with Gasteiger partial charge in [-0.25, -0.2) is 9.25 Å². The molecule has 9 nitrogen and oxygen atoms in total. The monoisotopic (exact) mass is 379 g/mol. The van der Waals surface area contributed by atoms with Crippen LogP contribution in [0.15, 0.2) is 0 Å². The molecule has 0 aromatic rings. The molecule has 0 spiro atoms. The van der Waals surface area contributed by atoms with Gasteiger partial charge in [0.25, 0.3) is 0 Å². The van der Waals surface area contributed by atoms with Gasteiger partial charge in [-0.1, -0.05) is 13.8 Å². The molecule has 0 atom stereocenters. The van der Waals surface area contributed by atoms with Crippen molar-refractivity contribution in [1.29, 1.82) is 0 Å². The van der Waals surface area contributed by atoms with Gasteiger partial charge in [0.2, 0.25) is 0 Å². The van der Waals surface area contributed by atoms with Gasteiger partial charge in [0.1, 0.15) is 12.8 Å².